The quantitative estimate of drug-likeness (QED) is 0.810. The first-order valence-corrected chi connectivity index (χ1v) is 7.98. The molecule has 0 atom stereocenters. The van der Waals surface area contributed by atoms with Crippen LogP contribution in [0.1, 0.15) is 5.56 Å². The van der Waals surface area contributed by atoms with Crippen LogP contribution in [0.4, 0.5) is 5.69 Å². The van der Waals surface area contributed by atoms with Crippen LogP contribution in [0.25, 0.3) is 11.1 Å². The third-order valence-corrected chi connectivity index (χ3v) is 4.46. The molecule has 0 spiro atoms. The summed E-state index contributed by atoms with van der Waals surface area (Å²) in [6.07, 6.45) is 4.11. The van der Waals surface area contributed by atoms with Gasteiger partial charge in [-0.3, -0.25) is 5.01 Å². The van der Waals surface area contributed by atoms with Crippen molar-refractivity contribution in [2.75, 3.05) is 18.6 Å². The zero-order chi connectivity index (χ0) is 16.5. The van der Waals surface area contributed by atoms with E-state index >= 15 is 0 Å². The van der Waals surface area contributed by atoms with Crippen LogP contribution in [0.3, 0.4) is 0 Å². The van der Waals surface area contributed by atoms with Gasteiger partial charge in [0.15, 0.2) is 0 Å². The standard InChI is InChI=1S/C19H20N4O/c1-22-19-11-23(13-20-18(19)10-21-22)16-8-6-14(7-9-16)17-5-3-2-4-15(17)12-24/h2-11,20-21,24H,12-13H2,1H3. The van der Waals surface area contributed by atoms with Gasteiger partial charge in [-0.25, -0.2) is 0 Å². The molecule has 0 fully saturated rings. The average Bonchev–Trinajstić information content (AvgIpc) is 3.02. The highest BCUT2D eigenvalue weighted by Gasteiger charge is 2.22. The fourth-order valence-corrected chi connectivity index (χ4v) is 3.08. The van der Waals surface area contributed by atoms with E-state index in [0.29, 0.717) is 0 Å². The van der Waals surface area contributed by atoms with Crippen molar-refractivity contribution in [3.05, 3.63) is 77.9 Å². The topological polar surface area (TPSA) is 50.8 Å². The number of nitrogens with one attached hydrogen (secondary N) is 2. The minimum absolute atomic E-state index is 0.0501. The Labute approximate surface area is 141 Å². The second-order valence-electron chi connectivity index (χ2n) is 5.93. The molecule has 4 rings (SSSR count). The Hall–Kier alpha value is -2.92. The van der Waals surface area contributed by atoms with E-state index < -0.39 is 0 Å². The molecule has 2 aliphatic heterocycles. The zero-order valence-electron chi connectivity index (χ0n) is 13.5. The van der Waals surface area contributed by atoms with E-state index in [1.807, 2.05) is 42.5 Å². The van der Waals surface area contributed by atoms with Crippen LogP contribution in [0.15, 0.2) is 72.3 Å². The lowest BCUT2D eigenvalue weighted by molar-refractivity contribution is 0.282. The minimum atomic E-state index is 0.0501. The van der Waals surface area contributed by atoms with Gasteiger partial charge >= 0.3 is 0 Å². The van der Waals surface area contributed by atoms with Gasteiger partial charge in [-0.15, -0.1) is 0 Å². The molecule has 0 unspecified atom stereocenters. The predicted molar refractivity (Wildman–Crippen MR) is 95.3 cm³/mol. The SMILES string of the molecule is CN1NC=C2NCN(c3ccc(-c4ccccc4CO)cc3)C=C21. The molecule has 2 heterocycles. The number of likely N-dealkylation sites (N-methyl/N-ethyl adjacent to an activating group) is 1. The first-order chi connectivity index (χ1) is 11.8. The molecular weight excluding hydrogens is 300 g/mol. The number of nitrogens with zero attached hydrogens (tertiary/aromatic N) is 2. The molecule has 2 aliphatic rings. The van der Waals surface area contributed by atoms with Gasteiger partial charge in [-0.2, -0.15) is 0 Å². The van der Waals surface area contributed by atoms with Crippen LogP contribution in [-0.4, -0.2) is 23.8 Å². The first kappa shape index (κ1) is 14.7. The maximum atomic E-state index is 9.51. The minimum Gasteiger partial charge on any atom is -0.392 e. The second-order valence-corrected chi connectivity index (χ2v) is 5.93. The van der Waals surface area contributed by atoms with Crippen LogP contribution < -0.4 is 15.6 Å². The highest BCUT2D eigenvalue weighted by atomic mass is 16.3. The van der Waals surface area contributed by atoms with Gasteiger partial charge in [0.25, 0.3) is 0 Å². The van der Waals surface area contributed by atoms with Gasteiger partial charge in [0.2, 0.25) is 0 Å². The van der Waals surface area contributed by atoms with Crippen molar-refractivity contribution < 1.29 is 5.11 Å². The molecule has 0 bridgehead atoms. The second kappa shape index (κ2) is 5.94. The van der Waals surface area contributed by atoms with Crippen LogP contribution in [0.2, 0.25) is 0 Å². The Kier molecular flexibility index (Phi) is 3.63. The first-order valence-electron chi connectivity index (χ1n) is 7.98. The lowest BCUT2D eigenvalue weighted by Crippen LogP contribution is -2.37. The Balaban J connectivity index is 1.62. The number of hydrogen-bond donors (Lipinski definition) is 3. The van der Waals surface area contributed by atoms with Crippen molar-refractivity contribution in [2.24, 2.45) is 0 Å². The summed E-state index contributed by atoms with van der Waals surface area (Å²) in [5.74, 6) is 0. The predicted octanol–water partition coefficient (Wildman–Crippen LogP) is 2.35. The van der Waals surface area contributed by atoms with Crippen molar-refractivity contribution in [3.8, 4) is 11.1 Å². The summed E-state index contributed by atoms with van der Waals surface area (Å²) in [5.41, 5.74) is 9.66. The fourth-order valence-electron chi connectivity index (χ4n) is 3.08. The summed E-state index contributed by atoms with van der Waals surface area (Å²) < 4.78 is 0. The Morgan fingerprint density at radius 2 is 1.88 bits per heavy atom. The third-order valence-electron chi connectivity index (χ3n) is 4.46. The molecule has 0 aromatic heterocycles. The average molecular weight is 320 g/mol. The molecule has 2 aromatic carbocycles. The highest BCUT2D eigenvalue weighted by molar-refractivity contribution is 5.70. The number of benzene rings is 2. The molecule has 5 nitrogen and oxygen atoms in total. The fraction of sp³-hybridized carbons (Fsp3) is 0.158. The summed E-state index contributed by atoms with van der Waals surface area (Å²) in [6, 6.07) is 16.4. The Bertz CT molecular complexity index is 810. The molecule has 24 heavy (non-hydrogen) atoms. The normalized spacial score (nSPS) is 16.1. The number of rotatable bonds is 3. The van der Waals surface area contributed by atoms with E-state index in [2.05, 4.69) is 46.1 Å². The lowest BCUT2D eigenvalue weighted by Gasteiger charge is -2.29. The van der Waals surface area contributed by atoms with Crippen molar-refractivity contribution in [3.63, 3.8) is 0 Å². The summed E-state index contributed by atoms with van der Waals surface area (Å²) in [5, 5.41) is 14.9. The molecule has 0 aliphatic carbocycles. The monoisotopic (exact) mass is 320 g/mol. The molecule has 2 aromatic rings. The van der Waals surface area contributed by atoms with Gasteiger partial charge in [0.1, 0.15) is 0 Å². The molecule has 0 amide bonds. The van der Waals surface area contributed by atoms with Gasteiger partial charge in [0.05, 0.1) is 24.7 Å². The van der Waals surface area contributed by atoms with Crippen LogP contribution in [0.5, 0.6) is 0 Å². The van der Waals surface area contributed by atoms with Crippen molar-refractivity contribution in [1.82, 2.24) is 15.8 Å². The number of hydrazine groups is 1. The van der Waals surface area contributed by atoms with E-state index in [1.54, 1.807) is 0 Å². The molecule has 0 saturated heterocycles. The zero-order valence-corrected chi connectivity index (χ0v) is 13.5. The Morgan fingerprint density at radius 3 is 2.67 bits per heavy atom. The van der Waals surface area contributed by atoms with E-state index in [-0.39, 0.29) is 6.61 Å². The third kappa shape index (κ3) is 2.49. The van der Waals surface area contributed by atoms with Crippen LogP contribution in [-0.2, 0) is 6.61 Å². The van der Waals surface area contributed by atoms with Crippen LogP contribution >= 0.6 is 0 Å². The summed E-state index contributed by atoms with van der Waals surface area (Å²) in [4.78, 5) is 2.18. The molecule has 3 N–H and O–H groups in total. The summed E-state index contributed by atoms with van der Waals surface area (Å²) >= 11 is 0. The van der Waals surface area contributed by atoms with Crippen LogP contribution in [0, 0.1) is 0 Å². The van der Waals surface area contributed by atoms with Gasteiger partial charge in [-0.1, -0.05) is 36.4 Å². The maximum absolute atomic E-state index is 9.51. The van der Waals surface area contributed by atoms with E-state index in [4.69, 9.17) is 0 Å². The number of aliphatic hydroxyl groups is 1. The smallest absolute Gasteiger partial charge is 0.0978 e. The molecule has 0 radical (unpaired) electrons. The van der Waals surface area contributed by atoms with E-state index in [1.165, 1.54) is 0 Å². The summed E-state index contributed by atoms with van der Waals surface area (Å²) in [7, 11) is 2.00. The van der Waals surface area contributed by atoms with E-state index in [9.17, 15) is 5.11 Å². The number of fused-ring (bicyclic) bond motifs is 1. The highest BCUT2D eigenvalue weighted by Crippen LogP contribution is 2.28. The van der Waals surface area contributed by atoms with Gasteiger partial charge in [-0.05, 0) is 28.8 Å². The van der Waals surface area contributed by atoms with E-state index in [0.717, 1.165) is 40.4 Å². The van der Waals surface area contributed by atoms with Gasteiger partial charge in [0, 0.05) is 25.1 Å². The Morgan fingerprint density at radius 1 is 1.08 bits per heavy atom. The molecule has 5 heteroatoms. The number of aliphatic hydroxyl groups excluding tert-OH is 1. The number of anilines is 1. The molecule has 122 valence electrons. The van der Waals surface area contributed by atoms with Crippen molar-refractivity contribution in [1.29, 1.82) is 0 Å². The summed E-state index contributed by atoms with van der Waals surface area (Å²) in [6.45, 7) is 0.784. The molecule has 0 saturated carbocycles. The molecular formula is C19H20N4O. The van der Waals surface area contributed by atoms with Crippen molar-refractivity contribution >= 4 is 5.69 Å². The number of hydrogen-bond acceptors (Lipinski definition) is 5. The maximum Gasteiger partial charge on any atom is 0.0978 e. The van der Waals surface area contributed by atoms with Gasteiger partial charge < -0.3 is 20.7 Å². The lowest BCUT2D eigenvalue weighted by atomic mass is 10.00. The largest absolute Gasteiger partial charge is 0.392 e. The van der Waals surface area contributed by atoms with Crippen molar-refractivity contribution in [2.45, 2.75) is 6.61 Å².